The fraction of sp³-hybridized carbons (Fsp3) is 0.250. The van der Waals surface area contributed by atoms with Crippen LogP contribution in [0.25, 0.3) is 11.3 Å². The average Bonchev–Trinajstić information content (AvgIpc) is 2.60. The van der Waals surface area contributed by atoms with Crippen LogP contribution in [0.1, 0.15) is 12.5 Å². The van der Waals surface area contributed by atoms with Crippen LogP contribution in [0.5, 0.6) is 5.75 Å². The fourth-order valence-electron chi connectivity index (χ4n) is 1.62. The summed E-state index contributed by atoms with van der Waals surface area (Å²) < 4.78 is 1.59. The number of aryl methyl sites for hydroxylation is 2. The second-order valence-corrected chi connectivity index (χ2v) is 3.78. The molecule has 0 radical (unpaired) electrons. The number of aromatic hydroxyl groups is 1. The van der Waals surface area contributed by atoms with E-state index in [4.69, 9.17) is 5.73 Å². The van der Waals surface area contributed by atoms with E-state index in [9.17, 15) is 5.11 Å². The monoisotopic (exact) mass is 217 g/mol. The van der Waals surface area contributed by atoms with Crippen LogP contribution in [0.15, 0.2) is 24.3 Å². The van der Waals surface area contributed by atoms with Crippen molar-refractivity contribution in [3.63, 3.8) is 0 Å². The first-order chi connectivity index (χ1) is 7.61. The van der Waals surface area contributed by atoms with Crippen molar-refractivity contribution < 1.29 is 5.11 Å². The van der Waals surface area contributed by atoms with Gasteiger partial charge in [-0.25, -0.2) is 0 Å². The standard InChI is InChI=1S/C12H15N3O/c1-3-8-4-5-11(16)9(6-8)10-7-12(13)15(2)14-10/h4-7,16H,3,13H2,1-2H3. The summed E-state index contributed by atoms with van der Waals surface area (Å²) in [7, 11) is 1.78. The minimum atomic E-state index is 0.232. The smallest absolute Gasteiger partial charge is 0.125 e. The largest absolute Gasteiger partial charge is 0.507 e. The second-order valence-electron chi connectivity index (χ2n) is 3.78. The zero-order chi connectivity index (χ0) is 11.7. The third-order valence-electron chi connectivity index (χ3n) is 2.66. The SMILES string of the molecule is CCc1ccc(O)c(-c2cc(N)n(C)n2)c1. The van der Waals surface area contributed by atoms with E-state index >= 15 is 0 Å². The van der Waals surface area contributed by atoms with E-state index in [1.165, 1.54) is 0 Å². The van der Waals surface area contributed by atoms with Crippen molar-refractivity contribution in [3.8, 4) is 17.0 Å². The molecule has 0 bridgehead atoms. The molecule has 0 saturated carbocycles. The molecule has 0 aliphatic heterocycles. The van der Waals surface area contributed by atoms with E-state index in [0.29, 0.717) is 11.5 Å². The highest BCUT2D eigenvalue weighted by Gasteiger charge is 2.09. The number of benzene rings is 1. The lowest BCUT2D eigenvalue weighted by Gasteiger charge is -2.03. The maximum absolute atomic E-state index is 9.79. The Hall–Kier alpha value is -1.97. The number of nitrogen functional groups attached to an aromatic ring is 1. The summed E-state index contributed by atoms with van der Waals surface area (Å²) in [5.41, 5.74) is 8.31. The Kier molecular flexibility index (Phi) is 2.56. The highest BCUT2D eigenvalue weighted by Crippen LogP contribution is 2.30. The minimum absolute atomic E-state index is 0.232. The van der Waals surface area contributed by atoms with Crippen LogP contribution in [0.3, 0.4) is 0 Å². The molecule has 0 fully saturated rings. The molecular formula is C12H15N3O. The predicted octanol–water partition coefficient (Wildman–Crippen LogP) is 1.94. The number of rotatable bonds is 2. The van der Waals surface area contributed by atoms with Crippen LogP contribution in [0, 0.1) is 0 Å². The predicted molar refractivity (Wildman–Crippen MR) is 64.1 cm³/mol. The van der Waals surface area contributed by atoms with Crippen LogP contribution < -0.4 is 5.73 Å². The maximum Gasteiger partial charge on any atom is 0.125 e. The van der Waals surface area contributed by atoms with Gasteiger partial charge in [0.15, 0.2) is 0 Å². The van der Waals surface area contributed by atoms with Gasteiger partial charge in [0.05, 0.1) is 5.69 Å². The molecule has 1 aromatic carbocycles. The van der Waals surface area contributed by atoms with Gasteiger partial charge in [0.25, 0.3) is 0 Å². The van der Waals surface area contributed by atoms with E-state index in [0.717, 1.165) is 17.5 Å². The molecule has 3 N–H and O–H groups in total. The van der Waals surface area contributed by atoms with Crippen molar-refractivity contribution in [2.24, 2.45) is 7.05 Å². The van der Waals surface area contributed by atoms with E-state index in [1.807, 2.05) is 12.1 Å². The fourth-order valence-corrected chi connectivity index (χ4v) is 1.62. The van der Waals surface area contributed by atoms with Crippen LogP contribution in [-0.4, -0.2) is 14.9 Å². The Labute approximate surface area is 94.3 Å². The van der Waals surface area contributed by atoms with Gasteiger partial charge >= 0.3 is 0 Å². The van der Waals surface area contributed by atoms with Gasteiger partial charge in [0.2, 0.25) is 0 Å². The maximum atomic E-state index is 9.79. The molecule has 2 rings (SSSR count). The number of anilines is 1. The van der Waals surface area contributed by atoms with Gasteiger partial charge in [0.1, 0.15) is 11.6 Å². The average molecular weight is 217 g/mol. The summed E-state index contributed by atoms with van der Waals surface area (Å²) in [6.45, 7) is 2.07. The molecule has 84 valence electrons. The Morgan fingerprint density at radius 2 is 2.12 bits per heavy atom. The van der Waals surface area contributed by atoms with Gasteiger partial charge in [0, 0.05) is 18.7 Å². The molecule has 0 spiro atoms. The highest BCUT2D eigenvalue weighted by molar-refractivity contribution is 5.69. The lowest BCUT2D eigenvalue weighted by Crippen LogP contribution is -1.96. The molecule has 0 amide bonds. The highest BCUT2D eigenvalue weighted by atomic mass is 16.3. The summed E-state index contributed by atoms with van der Waals surface area (Å²) in [4.78, 5) is 0. The molecular weight excluding hydrogens is 202 g/mol. The van der Waals surface area contributed by atoms with Gasteiger partial charge < -0.3 is 10.8 Å². The van der Waals surface area contributed by atoms with Gasteiger partial charge in [-0.15, -0.1) is 0 Å². The number of nitrogens with zero attached hydrogens (tertiary/aromatic N) is 2. The van der Waals surface area contributed by atoms with Crippen molar-refractivity contribution in [2.45, 2.75) is 13.3 Å². The Morgan fingerprint density at radius 1 is 1.38 bits per heavy atom. The summed E-state index contributed by atoms with van der Waals surface area (Å²) in [6, 6.07) is 7.30. The summed E-state index contributed by atoms with van der Waals surface area (Å²) >= 11 is 0. The molecule has 1 aromatic heterocycles. The molecule has 0 atom stereocenters. The molecule has 0 saturated heterocycles. The second kappa shape index (κ2) is 3.89. The number of hydrogen-bond donors (Lipinski definition) is 2. The summed E-state index contributed by atoms with van der Waals surface area (Å²) in [6.07, 6.45) is 0.926. The molecule has 0 aliphatic carbocycles. The van der Waals surface area contributed by atoms with E-state index in [-0.39, 0.29) is 5.75 Å². The minimum Gasteiger partial charge on any atom is -0.507 e. The molecule has 4 heteroatoms. The third-order valence-corrected chi connectivity index (χ3v) is 2.66. The molecule has 16 heavy (non-hydrogen) atoms. The molecule has 4 nitrogen and oxygen atoms in total. The number of phenolic OH excluding ortho intramolecular Hbond substituents is 1. The number of hydrogen-bond acceptors (Lipinski definition) is 3. The first-order valence-corrected chi connectivity index (χ1v) is 5.23. The molecule has 0 aliphatic rings. The third kappa shape index (κ3) is 1.74. The van der Waals surface area contributed by atoms with Crippen molar-refractivity contribution in [1.29, 1.82) is 0 Å². The number of aromatic nitrogens is 2. The quantitative estimate of drug-likeness (QED) is 0.808. The zero-order valence-corrected chi connectivity index (χ0v) is 9.44. The Morgan fingerprint density at radius 3 is 2.69 bits per heavy atom. The van der Waals surface area contributed by atoms with E-state index in [2.05, 4.69) is 12.0 Å². The van der Waals surface area contributed by atoms with Gasteiger partial charge in [-0.05, 0) is 24.1 Å². The van der Waals surface area contributed by atoms with Crippen molar-refractivity contribution in [1.82, 2.24) is 9.78 Å². The first kappa shape index (κ1) is 10.5. The summed E-state index contributed by atoms with van der Waals surface area (Å²) in [5, 5.41) is 14.0. The van der Waals surface area contributed by atoms with Crippen LogP contribution in [0.2, 0.25) is 0 Å². The molecule has 2 aromatic rings. The van der Waals surface area contributed by atoms with Crippen molar-refractivity contribution in [2.75, 3.05) is 5.73 Å². The van der Waals surface area contributed by atoms with E-state index in [1.54, 1.807) is 23.9 Å². The number of nitrogens with two attached hydrogens (primary N) is 1. The Balaban J connectivity index is 2.54. The van der Waals surface area contributed by atoms with Gasteiger partial charge in [-0.1, -0.05) is 13.0 Å². The summed E-state index contributed by atoms with van der Waals surface area (Å²) in [5.74, 6) is 0.812. The molecule has 0 unspecified atom stereocenters. The zero-order valence-electron chi connectivity index (χ0n) is 9.44. The number of phenols is 1. The molecule has 1 heterocycles. The topological polar surface area (TPSA) is 64.1 Å². The normalized spacial score (nSPS) is 10.6. The first-order valence-electron chi connectivity index (χ1n) is 5.23. The van der Waals surface area contributed by atoms with Crippen LogP contribution >= 0.6 is 0 Å². The van der Waals surface area contributed by atoms with E-state index < -0.39 is 0 Å². The van der Waals surface area contributed by atoms with Crippen molar-refractivity contribution >= 4 is 5.82 Å². The van der Waals surface area contributed by atoms with Crippen LogP contribution in [-0.2, 0) is 13.5 Å². The lowest BCUT2D eigenvalue weighted by atomic mass is 10.1. The lowest BCUT2D eigenvalue weighted by molar-refractivity contribution is 0.477. The van der Waals surface area contributed by atoms with Crippen LogP contribution in [0.4, 0.5) is 5.82 Å². The van der Waals surface area contributed by atoms with Crippen molar-refractivity contribution in [3.05, 3.63) is 29.8 Å². The van der Waals surface area contributed by atoms with Gasteiger partial charge in [-0.3, -0.25) is 4.68 Å². The van der Waals surface area contributed by atoms with Gasteiger partial charge in [-0.2, -0.15) is 5.10 Å². The Bertz CT molecular complexity index is 497.